The lowest BCUT2D eigenvalue weighted by molar-refractivity contribution is 0.102. The Balaban J connectivity index is 1.91. The predicted octanol–water partition coefficient (Wildman–Crippen LogP) is 3.27. The summed E-state index contributed by atoms with van der Waals surface area (Å²) in [4.78, 5) is 27.8. The van der Waals surface area contributed by atoms with E-state index in [1.54, 1.807) is 36.7 Å². The third kappa shape index (κ3) is 5.76. The fourth-order valence-electron chi connectivity index (χ4n) is 2.12. The summed E-state index contributed by atoms with van der Waals surface area (Å²) in [6.45, 7) is 7.93. The molecule has 6 nitrogen and oxygen atoms in total. The van der Waals surface area contributed by atoms with Gasteiger partial charge in [0.25, 0.3) is 5.91 Å². The smallest absolute Gasteiger partial charge is 0.315 e. The second-order valence-electron chi connectivity index (χ2n) is 5.82. The van der Waals surface area contributed by atoms with Crippen molar-refractivity contribution in [3.63, 3.8) is 0 Å². The number of nitrogens with zero attached hydrogens (tertiary/aromatic N) is 1. The molecule has 0 aliphatic heterocycles. The molecule has 0 saturated carbocycles. The first-order valence-corrected chi connectivity index (χ1v) is 7.96. The summed E-state index contributed by atoms with van der Waals surface area (Å²) < 4.78 is 0. The van der Waals surface area contributed by atoms with Crippen molar-refractivity contribution in [1.29, 1.82) is 0 Å². The summed E-state index contributed by atoms with van der Waals surface area (Å²) in [6.07, 6.45) is 3.15. The molecule has 1 heterocycles. The van der Waals surface area contributed by atoms with Gasteiger partial charge < -0.3 is 16.0 Å². The lowest BCUT2D eigenvalue weighted by Gasteiger charge is -2.15. The number of benzene rings is 1. The van der Waals surface area contributed by atoms with Crippen LogP contribution in [0.25, 0.3) is 0 Å². The maximum atomic E-state index is 12.1. The lowest BCUT2D eigenvalue weighted by Crippen LogP contribution is -2.37. The minimum absolute atomic E-state index is 0.157. The van der Waals surface area contributed by atoms with Crippen LogP contribution in [0.2, 0.25) is 0 Å². The van der Waals surface area contributed by atoms with Crippen LogP contribution in [0.5, 0.6) is 0 Å². The van der Waals surface area contributed by atoms with Crippen LogP contribution in [-0.2, 0) is 0 Å². The molecule has 2 aromatic rings. The Morgan fingerprint density at radius 1 is 1.12 bits per heavy atom. The molecule has 3 amide bonds. The molecule has 0 radical (unpaired) electrons. The van der Waals surface area contributed by atoms with Gasteiger partial charge >= 0.3 is 6.03 Å². The van der Waals surface area contributed by atoms with Crippen LogP contribution in [0.3, 0.4) is 0 Å². The average Bonchev–Trinajstić information content (AvgIpc) is 2.61. The highest BCUT2D eigenvalue weighted by Crippen LogP contribution is 2.16. The minimum Gasteiger partial charge on any atom is -0.334 e. The molecule has 0 aliphatic rings. The third-order valence-corrected chi connectivity index (χ3v) is 3.51. The van der Waals surface area contributed by atoms with Gasteiger partial charge in [-0.15, -0.1) is 0 Å². The minimum atomic E-state index is -0.245. The van der Waals surface area contributed by atoms with Crippen LogP contribution in [0.15, 0.2) is 60.9 Å². The van der Waals surface area contributed by atoms with Gasteiger partial charge in [0.05, 0.1) is 6.04 Å². The van der Waals surface area contributed by atoms with Gasteiger partial charge in [-0.05, 0) is 43.7 Å². The van der Waals surface area contributed by atoms with Crippen LogP contribution >= 0.6 is 0 Å². The first-order chi connectivity index (χ1) is 12.0. The van der Waals surface area contributed by atoms with E-state index in [2.05, 4.69) is 27.5 Å². The fraction of sp³-hybridized carbons (Fsp3) is 0.211. The van der Waals surface area contributed by atoms with Gasteiger partial charge in [0.1, 0.15) is 0 Å². The van der Waals surface area contributed by atoms with E-state index in [-0.39, 0.29) is 18.0 Å². The molecule has 0 spiro atoms. The molecule has 1 aromatic heterocycles. The summed E-state index contributed by atoms with van der Waals surface area (Å²) in [7, 11) is 0. The predicted molar refractivity (Wildman–Crippen MR) is 98.4 cm³/mol. The van der Waals surface area contributed by atoms with Crippen molar-refractivity contribution in [3.8, 4) is 0 Å². The number of nitrogens with one attached hydrogen (secondary N) is 3. The van der Waals surface area contributed by atoms with E-state index < -0.39 is 0 Å². The van der Waals surface area contributed by atoms with Crippen LogP contribution in [-0.4, -0.2) is 23.5 Å². The highest BCUT2D eigenvalue weighted by Gasteiger charge is 2.10. The number of aromatic nitrogens is 1. The van der Waals surface area contributed by atoms with E-state index in [0.717, 1.165) is 11.1 Å². The number of carbonyl (C=O) groups excluding carboxylic acids is 2. The van der Waals surface area contributed by atoms with Crippen molar-refractivity contribution in [2.24, 2.45) is 0 Å². The van der Waals surface area contributed by atoms with Crippen molar-refractivity contribution < 1.29 is 9.59 Å². The zero-order chi connectivity index (χ0) is 18.2. The van der Waals surface area contributed by atoms with Crippen LogP contribution in [0.1, 0.15) is 35.8 Å². The standard InChI is InChI=1S/C19H22N4O2/c1-13(2)12-21-19(25)22-14(3)15-4-6-17(7-5-15)23-18(24)16-8-10-20-11-9-16/h4-11,14H,1,12H2,2-3H3,(H,23,24)(H2,21,22,25)/t14-/m0/s1. The SMILES string of the molecule is C=C(C)CNC(=O)N[C@@H](C)c1ccc(NC(=O)c2ccncc2)cc1. The van der Waals surface area contributed by atoms with E-state index in [1.165, 1.54) is 0 Å². The third-order valence-electron chi connectivity index (χ3n) is 3.51. The zero-order valence-corrected chi connectivity index (χ0v) is 14.4. The Labute approximate surface area is 147 Å². The summed E-state index contributed by atoms with van der Waals surface area (Å²) in [6, 6.07) is 10.2. The fourth-order valence-corrected chi connectivity index (χ4v) is 2.12. The van der Waals surface area contributed by atoms with Crippen LogP contribution in [0, 0.1) is 0 Å². The number of anilines is 1. The molecule has 6 heteroatoms. The van der Waals surface area contributed by atoms with Crippen molar-refractivity contribution in [3.05, 3.63) is 72.1 Å². The van der Waals surface area contributed by atoms with E-state index in [0.29, 0.717) is 17.8 Å². The normalized spacial score (nSPS) is 11.3. The first-order valence-electron chi connectivity index (χ1n) is 7.96. The maximum absolute atomic E-state index is 12.1. The molecule has 0 fully saturated rings. The maximum Gasteiger partial charge on any atom is 0.315 e. The van der Waals surface area contributed by atoms with Gasteiger partial charge in [-0.2, -0.15) is 0 Å². The average molecular weight is 338 g/mol. The molecule has 2 rings (SSSR count). The van der Waals surface area contributed by atoms with Crippen molar-refractivity contribution in [1.82, 2.24) is 15.6 Å². The van der Waals surface area contributed by atoms with Gasteiger partial charge in [-0.3, -0.25) is 9.78 Å². The van der Waals surface area contributed by atoms with E-state index in [1.807, 2.05) is 26.0 Å². The molecule has 0 saturated heterocycles. The number of amides is 3. The van der Waals surface area contributed by atoms with Gasteiger partial charge in [-0.25, -0.2) is 4.79 Å². The number of hydrogen-bond donors (Lipinski definition) is 3. The van der Waals surface area contributed by atoms with E-state index in [9.17, 15) is 9.59 Å². The number of rotatable bonds is 6. The van der Waals surface area contributed by atoms with E-state index >= 15 is 0 Å². The Morgan fingerprint density at radius 2 is 1.76 bits per heavy atom. The Bertz CT molecular complexity index is 742. The van der Waals surface area contributed by atoms with E-state index in [4.69, 9.17) is 0 Å². The highest BCUT2D eigenvalue weighted by molar-refractivity contribution is 6.04. The summed E-state index contributed by atoms with van der Waals surface area (Å²) in [5, 5.41) is 8.40. The summed E-state index contributed by atoms with van der Waals surface area (Å²) >= 11 is 0. The molecule has 1 atom stereocenters. The Morgan fingerprint density at radius 3 is 2.36 bits per heavy atom. The molecule has 0 aliphatic carbocycles. The van der Waals surface area contributed by atoms with Crippen LogP contribution < -0.4 is 16.0 Å². The van der Waals surface area contributed by atoms with Crippen molar-refractivity contribution >= 4 is 17.6 Å². The monoisotopic (exact) mass is 338 g/mol. The summed E-state index contributed by atoms with van der Waals surface area (Å²) in [5.41, 5.74) is 3.05. The molecule has 1 aromatic carbocycles. The molecule has 130 valence electrons. The Hall–Kier alpha value is -3.15. The molecule has 0 unspecified atom stereocenters. The quantitative estimate of drug-likeness (QED) is 0.707. The Kier molecular flexibility index (Phi) is 6.28. The second-order valence-corrected chi connectivity index (χ2v) is 5.82. The number of urea groups is 1. The molecule has 3 N–H and O–H groups in total. The second kappa shape index (κ2) is 8.63. The zero-order valence-electron chi connectivity index (χ0n) is 14.4. The van der Waals surface area contributed by atoms with Gasteiger partial charge in [0, 0.05) is 30.2 Å². The van der Waals surface area contributed by atoms with Crippen molar-refractivity contribution in [2.45, 2.75) is 19.9 Å². The largest absolute Gasteiger partial charge is 0.334 e. The van der Waals surface area contributed by atoms with Crippen LogP contribution in [0.4, 0.5) is 10.5 Å². The van der Waals surface area contributed by atoms with Gasteiger partial charge in [0.15, 0.2) is 0 Å². The van der Waals surface area contributed by atoms with Gasteiger partial charge in [0.2, 0.25) is 0 Å². The first kappa shape index (κ1) is 18.2. The molecule has 25 heavy (non-hydrogen) atoms. The van der Waals surface area contributed by atoms with Gasteiger partial charge in [-0.1, -0.05) is 24.3 Å². The summed E-state index contributed by atoms with van der Waals surface area (Å²) in [5.74, 6) is -0.194. The van der Waals surface area contributed by atoms with Crippen molar-refractivity contribution in [2.75, 3.05) is 11.9 Å². The highest BCUT2D eigenvalue weighted by atomic mass is 16.2. The molecule has 0 bridgehead atoms. The lowest BCUT2D eigenvalue weighted by atomic mass is 10.1. The number of hydrogen-bond acceptors (Lipinski definition) is 3. The molecular formula is C19H22N4O2. The topological polar surface area (TPSA) is 83.1 Å². The number of pyridine rings is 1. The molecular weight excluding hydrogens is 316 g/mol. The number of carbonyl (C=O) groups is 2.